The molecule has 3 rings (SSSR count). The van der Waals surface area contributed by atoms with Gasteiger partial charge in [-0.1, -0.05) is 0 Å². The van der Waals surface area contributed by atoms with Gasteiger partial charge in [0.2, 0.25) is 6.79 Å². The third-order valence-electron chi connectivity index (χ3n) is 4.64. The van der Waals surface area contributed by atoms with Crippen molar-refractivity contribution in [2.75, 3.05) is 24.6 Å². The van der Waals surface area contributed by atoms with Crippen LogP contribution in [0.3, 0.4) is 0 Å². The Morgan fingerprint density at radius 1 is 1.38 bits per heavy atom. The number of benzene rings is 1. The fourth-order valence-electron chi connectivity index (χ4n) is 2.89. The Morgan fingerprint density at radius 2 is 2.19 bits per heavy atom. The first-order chi connectivity index (χ1) is 12.6. The predicted octanol–water partition coefficient (Wildman–Crippen LogP) is 1.58. The number of hydrogen-bond donors (Lipinski definition) is 1. The number of likely N-dealkylation sites (N-methyl/N-ethyl adjacent to an activating group) is 1. The minimum absolute atomic E-state index is 0.0107. The van der Waals surface area contributed by atoms with Gasteiger partial charge in [-0.25, -0.2) is 0 Å². The average molecular weight is 550 g/mol. The molecule has 2 aliphatic rings. The molecule has 1 unspecified atom stereocenters. The molecule has 0 saturated heterocycles. The summed E-state index contributed by atoms with van der Waals surface area (Å²) in [4.78, 5) is 16.6. The predicted molar refractivity (Wildman–Crippen MR) is 101 cm³/mol. The van der Waals surface area contributed by atoms with E-state index in [1.54, 1.807) is 0 Å². The van der Waals surface area contributed by atoms with E-state index in [-0.39, 0.29) is 11.9 Å². The summed E-state index contributed by atoms with van der Waals surface area (Å²) in [5.74, 6) is 1.63. The molecule has 1 amide bonds. The molecule has 2 heterocycles. The van der Waals surface area contributed by atoms with E-state index in [1.165, 1.54) is 5.56 Å². The first-order valence-corrected chi connectivity index (χ1v) is 11.5. The molecule has 0 bridgehead atoms. The summed E-state index contributed by atoms with van der Waals surface area (Å²) < 4.78 is 11.8. The van der Waals surface area contributed by atoms with Gasteiger partial charge < -0.3 is 9.47 Å². The van der Waals surface area contributed by atoms with Crippen molar-refractivity contribution in [3.05, 3.63) is 47.8 Å². The van der Waals surface area contributed by atoms with Gasteiger partial charge in [-0.15, -0.1) is 0 Å². The van der Waals surface area contributed by atoms with Crippen molar-refractivity contribution >= 4 is 31.7 Å². The first-order valence-electron chi connectivity index (χ1n) is 8.71. The quantitative estimate of drug-likeness (QED) is 0.414. The molecule has 3 radical (unpaired) electrons. The van der Waals surface area contributed by atoms with Crippen molar-refractivity contribution < 1.29 is 14.3 Å². The maximum absolute atomic E-state index is 12.4. The van der Waals surface area contributed by atoms with Crippen molar-refractivity contribution in [3.63, 3.8) is 0 Å². The number of amides is 1. The molecular weight excluding hydrogens is 525 g/mol. The number of ether oxygens (including phenoxy) is 2. The van der Waals surface area contributed by atoms with E-state index >= 15 is 0 Å². The third kappa shape index (κ3) is 4.79. The normalized spacial score (nSPS) is 16.6. The second-order valence-corrected chi connectivity index (χ2v) is 7.81. The second-order valence-electron chi connectivity index (χ2n) is 6.58. The van der Waals surface area contributed by atoms with Crippen LogP contribution < -0.4 is 14.8 Å². The molecule has 137 valence electrons. The number of carbonyl (C=O) groups is 1. The minimum atomic E-state index is 0.0107. The van der Waals surface area contributed by atoms with E-state index in [1.807, 2.05) is 37.7 Å². The van der Waals surface area contributed by atoms with Gasteiger partial charge in [0.25, 0.3) is 0 Å². The van der Waals surface area contributed by atoms with Crippen LogP contribution in [0.2, 0.25) is 0 Å². The van der Waals surface area contributed by atoms with Crippen molar-refractivity contribution in [2.24, 2.45) is 0 Å². The van der Waals surface area contributed by atoms with Crippen LogP contribution in [0.1, 0.15) is 18.9 Å². The molecule has 0 spiro atoms. The maximum atomic E-state index is 12.4. The van der Waals surface area contributed by atoms with Gasteiger partial charge in [0.1, 0.15) is 0 Å². The van der Waals surface area contributed by atoms with Crippen molar-refractivity contribution in [1.82, 2.24) is 15.1 Å². The van der Waals surface area contributed by atoms with E-state index in [0.717, 1.165) is 53.4 Å². The summed E-state index contributed by atoms with van der Waals surface area (Å²) in [6, 6.07) is 6.34. The number of nitrogens with one attached hydrogen (secondary N) is 1. The Balaban J connectivity index is 1.49. The van der Waals surface area contributed by atoms with Gasteiger partial charge in [0.15, 0.2) is 11.5 Å². The average Bonchev–Trinajstić information content (AvgIpc) is 3.13. The van der Waals surface area contributed by atoms with Crippen LogP contribution in [0, 0.1) is 0 Å². The number of fused-ring (bicyclic) bond motifs is 1. The third-order valence-corrected chi connectivity index (χ3v) is 6.06. The summed E-state index contributed by atoms with van der Waals surface area (Å²) in [5.41, 5.74) is 2.02. The molecule has 0 fully saturated rings. The van der Waals surface area contributed by atoms with E-state index in [0.29, 0.717) is 19.9 Å². The van der Waals surface area contributed by atoms with Crippen molar-refractivity contribution in [1.29, 1.82) is 0 Å². The zero-order valence-electron chi connectivity index (χ0n) is 15.2. The zero-order chi connectivity index (χ0) is 18.5. The molecule has 1 atom stereocenters. The van der Waals surface area contributed by atoms with Crippen LogP contribution in [-0.4, -0.2) is 72.1 Å². The molecule has 1 aromatic rings. The standard InChI is InChI=1S/C19H24N3O3.Pb/c1-14(9-15-6-7-17-18(10-15)25-13-24-17)22(3)12-20-19(23)16-5-4-8-21(2)11-16;/h4,6-8,10-11,14H,2,5,9,12-13H2,1,3H3,(H,20,23);. The van der Waals surface area contributed by atoms with Crippen molar-refractivity contribution in [3.8, 4) is 11.5 Å². The second kappa shape index (κ2) is 8.90. The summed E-state index contributed by atoms with van der Waals surface area (Å²) in [5, 5.41) is 3.03. The summed E-state index contributed by atoms with van der Waals surface area (Å²) in [6.45, 7) is 2.97. The molecule has 26 heavy (non-hydrogen) atoms. The number of rotatable bonds is 7. The summed E-state index contributed by atoms with van der Waals surface area (Å²) >= 11 is 1.08. The van der Waals surface area contributed by atoms with E-state index in [9.17, 15) is 4.79 Å². The van der Waals surface area contributed by atoms with E-state index in [2.05, 4.69) is 28.1 Å². The van der Waals surface area contributed by atoms with E-state index < -0.39 is 0 Å². The molecule has 0 aliphatic carbocycles. The molecule has 1 aromatic carbocycles. The monoisotopic (exact) mass is 550 g/mol. The van der Waals surface area contributed by atoms with Gasteiger partial charge in [0, 0.05) is 0 Å². The zero-order valence-corrected chi connectivity index (χ0v) is 19.1. The Bertz CT molecular complexity index is 720. The topological polar surface area (TPSA) is 54.0 Å². The Kier molecular flexibility index (Phi) is 6.58. The van der Waals surface area contributed by atoms with Crippen LogP contribution in [0.15, 0.2) is 42.2 Å². The fourth-order valence-corrected chi connectivity index (χ4v) is 3.66. The fraction of sp³-hybridized carbons (Fsp3) is 0.421. The number of allylic oxidation sites excluding steroid dienone is 1. The molecule has 0 saturated carbocycles. The van der Waals surface area contributed by atoms with Crippen LogP contribution >= 0.6 is 0 Å². The number of carbonyl (C=O) groups excluding carboxylic acids is 1. The SMILES string of the molecule is CC(Cc1ccc2c(c1)OCO2)N(C)CNC(=O)C1=CN([CH2][Pb])C=CC1. The first kappa shape index (κ1) is 19.2. The Morgan fingerprint density at radius 3 is 3.00 bits per heavy atom. The van der Waals surface area contributed by atoms with Gasteiger partial charge in [-0.3, -0.25) is 0 Å². The molecule has 7 heteroatoms. The van der Waals surface area contributed by atoms with Crippen LogP contribution in [0.4, 0.5) is 0 Å². The molecule has 6 nitrogen and oxygen atoms in total. The molecule has 2 aliphatic heterocycles. The van der Waals surface area contributed by atoms with E-state index in [4.69, 9.17) is 9.47 Å². The Hall–Kier alpha value is -1.55. The molecule has 1 N–H and O–H groups in total. The van der Waals surface area contributed by atoms with Gasteiger partial charge in [-0.2, -0.15) is 0 Å². The summed E-state index contributed by atoms with van der Waals surface area (Å²) in [7, 11) is 2.02. The Labute approximate surface area is 170 Å². The van der Waals surface area contributed by atoms with Crippen LogP contribution in [0.25, 0.3) is 0 Å². The number of hydrogen-bond acceptors (Lipinski definition) is 5. The van der Waals surface area contributed by atoms with Gasteiger partial charge in [-0.05, 0) is 6.07 Å². The van der Waals surface area contributed by atoms with Crippen LogP contribution in [0.5, 0.6) is 11.5 Å². The van der Waals surface area contributed by atoms with Gasteiger partial charge >= 0.3 is 137 Å². The molecule has 0 aromatic heterocycles. The van der Waals surface area contributed by atoms with Gasteiger partial charge in [0.05, 0.1) is 0 Å². The summed E-state index contributed by atoms with van der Waals surface area (Å²) in [6.07, 6.45) is 7.61. The molecular formula is C19H24N3O3Pb. The number of nitrogens with zero attached hydrogens (tertiary/aromatic N) is 2. The van der Waals surface area contributed by atoms with Crippen molar-refractivity contribution in [2.45, 2.75) is 25.8 Å². The van der Waals surface area contributed by atoms with Crippen LogP contribution in [-0.2, 0) is 11.2 Å².